The van der Waals surface area contributed by atoms with Crippen LogP contribution in [0.15, 0.2) is 91.0 Å². The summed E-state index contributed by atoms with van der Waals surface area (Å²) >= 11 is 0. The first-order valence-electron chi connectivity index (χ1n) is 14.1. The molecule has 41 heavy (non-hydrogen) atoms. The summed E-state index contributed by atoms with van der Waals surface area (Å²) in [7, 11) is -2.27. The zero-order chi connectivity index (χ0) is 29.9. The van der Waals surface area contributed by atoms with Crippen molar-refractivity contribution in [1.82, 2.24) is 0 Å². The Labute approximate surface area is 246 Å². The summed E-state index contributed by atoms with van der Waals surface area (Å²) in [5.74, 6) is 1.49. The van der Waals surface area contributed by atoms with Crippen LogP contribution in [0.3, 0.4) is 0 Å². The van der Waals surface area contributed by atoms with Gasteiger partial charge in [-0.15, -0.1) is 6.42 Å². The van der Waals surface area contributed by atoms with E-state index >= 15 is 0 Å². The molecule has 5 nitrogen and oxygen atoms in total. The third-order valence-corrected chi connectivity index (χ3v) is 12.6. The summed E-state index contributed by atoms with van der Waals surface area (Å²) in [6.45, 7) is 14.1. The average Bonchev–Trinajstić information content (AvgIpc) is 3.28. The molecule has 1 aliphatic heterocycles. The third-order valence-electron chi connectivity index (χ3n) is 8.11. The van der Waals surface area contributed by atoms with Crippen LogP contribution in [0.4, 0.5) is 0 Å². The Morgan fingerprint density at radius 3 is 1.71 bits per heavy atom. The van der Waals surface area contributed by atoms with Gasteiger partial charge in [-0.1, -0.05) is 118 Å². The summed E-state index contributed by atoms with van der Waals surface area (Å²) in [5.41, 5.74) is 1.70. The Kier molecular flexibility index (Phi) is 9.08. The van der Waals surface area contributed by atoms with Crippen LogP contribution < -0.4 is 0 Å². The van der Waals surface area contributed by atoms with Crippen LogP contribution in [0.1, 0.15) is 51.3 Å². The molecule has 4 rings (SSSR count). The SMILES string of the molecule is C#C[C@H](O[Si](C)(C)C(C)(C)C)[C@@H]1OC(C)(C)O[C@@H]1C(=O)COC(c1ccccc1)(c1ccccc1)c1ccccc1. The summed E-state index contributed by atoms with van der Waals surface area (Å²) in [6.07, 6.45) is 3.54. The largest absolute Gasteiger partial charge is 0.401 e. The van der Waals surface area contributed by atoms with Crippen LogP contribution in [0.25, 0.3) is 0 Å². The lowest BCUT2D eigenvalue weighted by atomic mass is 9.80. The second-order valence-electron chi connectivity index (χ2n) is 12.5. The molecule has 216 valence electrons. The number of rotatable bonds is 10. The molecule has 0 spiro atoms. The maximum Gasteiger partial charge on any atom is 0.193 e. The summed E-state index contributed by atoms with van der Waals surface area (Å²) < 4.78 is 25.8. The van der Waals surface area contributed by atoms with Crippen molar-refractivity contribution >= 4 is 14.1 Å². The number of hydrogen-bond donors (Lipinski definition) is 0. The van der Waals surface area contributed by atoms with Gasteiger partial charge >= 0.3 is 0 Å². The number of ketones is 1. The number of carbonyl (C=O) groups is 1. The number of terminal acetylenes is 1. The predicted octanol–water partition coefficient (Wildman–Crippen LogP) is 7.11. The molecule has 3 aromatic carbocycles. The molecule has 3 atom stereocenters. The quantitative estimate of drug-likeness (QED) is 0.148. The van der Waals surface area contributed by atoms with E-state index in [1.54, 1.807) is 13.8 Å². The van der Waals surface area contributed by atoms with Crippen LogP contribution >= 0.6 is 0 Å². The Balaban J connectivity index is 1.70. The molecule has 0 amide bonds. The van der Waals surface area contributed by atoms with E-state index in [1.165, 1.54) is 0 Å². The molecule has 1 heterocycles. The van der Waals surface area contributed by atoms with Gasteiger partial charge in [0.15, 0.2) is 26.0 Å². The van der Waals surface area contributed by atoms with E-state index in [4.69, 9.17) is 25.1 Å². The maximum absolute atomic E-state index is 14.0. The van der Waals surface area contributed by atoms with Gasteiger partial charge in [0.2, 0.25) is 0 Å². The fourth-order valence-electron chi connectivity index (χ4n) is 4.98. The molecule has 0 aliphatic carbocycles. The maximum atomic E-state index is 14.0. The van der Waals surface area contributed by atoms with Gasteiger partial charge in [0.05, 0.1) is 0 Å². The Morgan fingerprint density at radius 2 is 1.32 bits per heavy atom. The van der Waals surface area contributed by atoms with Gasteiger partial charge in [-0.2, -0.15) is 0 Å². The highest BCUT2D eigenvalue weighted by atomic mass is 28.4. The second kappa shape index (κ2) is 12.0. The summed E-state index contributed by atoms with van der Waals surface area (Å²) in [5, 5.41) is -0.0691. The molecule has 0 saturated carbocycles. The van der Waals surface area contributed by atoms with Crippen molar-refractivity contribution < 1.29 is 23.4 Å². The minimum atomic E-state index is -2.27. The van der Waals surface area contributed by atoms with Crippen LogP contribution in [0.5, 0.6) is 0 Å². The standard InChI is InChI=1S/C35H42O5Si/c1-9-30(40-41(7,8)33(2,3)4)32-31(38-34(5,6)39-32)29(36)25-37-35(26-19-13-10-14-20-26,27-21-15-11-16-22-27)28-23-17-12-18-24-28/h1,10-24,30-32H,25H2,2-8H3/t30-,31+,32-/m0/s1. The number of Topliss-reactive ketones (excluding diaryl/α,β-unsaturated/α-hetero) is 1. The van der Waals surface area contributed by atoms with Crippen molar-refractivity contribution in [1.29, 1.82) is 0 Å². The monoisotopic (exact) mass is 570 g/mol. The molecule has 1 fully saturated rings. The Hall–Kier alpha value is -3.05. The Morgan fingerprint density at radius 1 is 0.878 bits per heavy atom. The fraction of sp³-hybridized carbons (Fsp3) is 0.400. The van der Waals surface area contributed by atoms with Crippen molar-refractivity contribution in [3.63, 3.8) is 0 Å². The van der Waals surface area contributed by atoms with Crippen LogP contribution in [-0.4, -0.2) is 44.8 Å². The first kappa shape index (κ1) is 30.9. The lowest BCUT2D eigenvalue weighted by Crippen LogP contribution is -2.50. The lowest BCUT2D eigenvalue weighted by Gasteiger charge is -2.39. The smallest absolute Gasteiger partial charge is 0.193 e. The van der Waals surface area contributed by atoms with Gasteiger partial charge in [0.25, 0.3) is 0 Å². The highest BCUT2D eigenvalue weighted by Gasteiger charge is 2.51. The van der Waals surface area contributed by atoms with E-state index in [0.717, 1.165) is 16.7 Å². The van der Waals surface area contributed by atoms with Crippen LogP contribution in [0, 0.1) is 12.3 Å². The highest BCUT2D eigenvalue weighted by molar-refractivity contribution is 6.74. The van der Waals surface area contributed by atoms with E-state index in [2.05, 4.69) is 39.8 Å². The van der Waals surface area contributed by atoms with E-state index < -0.39 is 38.0 Å². The zero-order valence-electron chi connectivity index (χ0n) is 25.2. The van der Waals surface area contributed by atoms with Crippen molar-refractivity contribution in [2.45, 2.75) is 82.5 Å². The molecule has 0 aromatic heterocycles. The van der Waals surface area contributed by atoms with E-state index in [1.807, 2.05) is 91.0 Å². The molecule has 0 radical (unpaired) electrons. The topological polar surface area (TPSA) is 54.0 Å². The van der Waals surface area contributed by atoms with Gasteiger partial charge in [0, 0.05) is 0 Å². The van der Waals surface area contributed by atoms with E-state index in [0.29, 0.717) is 0 Å². The Bertz CT molecular complexity index is 1240. The minimum absolute atomic E-state index is 0.0691. The van der Waals surface area contributed by atoms with Gasteiger partial charge in [-0.3, -0.25) is 4.79 Å². The molecular formula is C35H42O5Si. The summed E-state index contributed by atoms with van der Waals surface area (Å²) in [6, 6.07) is 29.9. The molecule has 1 aliphatic rings. The fourth-order valence-corrected chi connectivity index (χ4v) is 6.17. The van der Waals surface area contributed by atoms with Gasteiger partial charge in [-0.25, -0.2) is 0 Å². The predicted molar refractivity (Wildman–Crippen MR) is 165 cm³/mol. The molecule has 0 unspecified atom stereocenters. The zero-order valence-corrected chi connectivity index (χ0v) is 26.2. The lowest BCUT2D eigenvalue weighted by molar-refractivity contribution is -0.160. The molecule has 3 aromatic rings. The molecule has 0 N–H and O–H groups in total. The number of carbonyl (C=O) groups excluding carboxylic acids is 1. The van der Waals surface area contributed by atoms with Gasteiger partial charge in [-0.05, 0) is 48.7 Å². The number of ether oxygens (including phenoxy) is 3. The summed E-state index contributed by atoms with van der Waals surface area (Å²) in [4.78, 5) is 14.0. The third kappa shape index (κ3) is 6.56. The van der Waals surface area contributed by atoms with Gasteiger partial charge < -0.3 is 18.6 Å². The van der Waals surface area contributed by atoms with Crippen LogP contribution in [0.2, 0.25) is 18.1 Å². The number of benzene rings is 3. The van der Waals surface area contributed by atoms with Crippen molar-refractivity contribution in [2.24, 2.45) is 0 Å². The van der Waals surface area contributed by atoms with Crippen molar-refractivity contribution in [3.8, 4) is 12.3 Å². The van der Waals surface area contributed by atoms with Crippen LogP contribution in [-0.2, 0) is 29.0 Å². The molecule has 0 bridgehead atoms. The number of hydrogen-bond acceptors (Lipinski definition) is 5. The second-order valence-corrected chi connectivity index (χ2v) is 17.3. The normalized spacial score (nSPS) is 19.9. The highest BCUT2D eigenvalue weighted by Crippen LogP contribution is 2.42. The van der Waals surface area contributed by atoms with Crippen molar-refractivity contribution in [3.05, 3.63) is 108 Å². The molecule has 6 heteroatoms. The average molecular weight is 571 g/mol. The van der Waals surface area contributed by atoms with Gasteiger partial charge in [0.1, 0.15) is 24.4 Å². The minimum Gasteiger partial charge on any atom is -0.401 e. The van der Waals surface area contributed by atoms with Crippen molar-refractivity contribution in [2.75, 3.05) is 6.61 Å². The molecule has 1 saturated heterocycles. The van der Waals surface area contributed by atoms with E-state index in [9.17, 15) is 4.79 Å². The first-order chi connectivity index (χ1) is 19.3. The molecular weight excluding hydrogens is 528 g/mol. The van der Waals surface area contributed by atoms with E-state index in [-0.39, 0.29) is 17.4 Å². The first-order valence-corrected chi connectivity index (χ1v) is 17.0.